The summed E-state index contributed by atoms with van der Waals surface area (Å²) in [6.07, 6.45) is 0.598. The normalized spacial score (nSPS) is 12.7. The first-order valence-electron chi connectivity index (χ1n) is 6.99. The van der Waals surface area contributed by atoms with Gasteiger partial charge in [-0.15, -0.1) is 12.6 Å². The molecule has 110 valence electrons. The zero-order valence-corrected chi connectivity index (χ0v) is 13.2. The molecule has 1 atom stereocenters. The smallest absolute Gasteiger partial charge is 0.317 e. The Kier molecular flexibility index (Phi) is 5.07. The van der Waals surface area contributed by atoms with Crippen molar-refractivity contribution in [3.8, 4) is 0 Å². The van der Waals surface area contributed by atoms with Crippen molar-refractivity contribution in [1.82, 2.24) is 0 Å². The van der Waals surface area contributed by atoms with Gasteiger partial charge in [-0.1, -0.05) is 60.7 Å². The minimum atomic E-state index is -0.682. The minimum absolute atomic E-state index is 0.260. The Bertz CT molecular complexity index is 579. The van der Waals surface area contributed by atoms with Gasteiger partial charge >= 0.3 is 5.97 Å². The molecule has 0 aliphatic heterocycles. The summed E-state index contributed by atoms with van der Waals surface area (Å²) in [6.45, 7) is 3.74. The van der Waals surface area contributed by atoms with Crippen LogP contribution in [0.25, 0.3) is 0 Å². The van der Waals surface area contributed by atoms with Crippen molar-refractivity contribution < 1.29 is 9.53 Å². The molecule has 0 saturated heterocycles. The Hall–Kier alpha value is -1.74. The highest BCUT2D eigenvalue weighted by molar-refractivity contribution is 7.80. The summed E-state index contributed by atoms with van der Waals surface area (Å²) in [4.78, 5) is 12.4. The lowest BCUT2D eigenvalue weighted by atomic mass is 9.85. The van der Waals surface area contributed by atoms with Crippen LogP contribution in [0.5, 0.6) is 0 Å². The van der Waals surface area contributed by atoms with Crippen molar-refractivity contribution >= 4 is 18.6 Å². The van der Waals surface area contributed by atoms with Crippen LogP contribution in [0.3, 0.4) is 0 Å². The van der Waals surface area contributed by atoms with Gasteiger partial charge in [0.25, 0.3) is 0 Å². The second-order valence-corrected chi connectivity index (χ2v) is 6.12. The van der Waals surface area contributed by atoms with E-state index in [0.717, 1.165) is 11.1 Å². The van der Waals surface area contributed by atoms with Gasteiger partial charge in [0.05, 0.1) is 5.41 Å². The molecule has 0 aromatic heterocycles. The zero-order chi connectivity index (χ0) is 15.3. The Morgan fingerprint density at radius 3 is 2.14 bits per heavy atom. The first-order valence-corrected chi connectivity index (χ1v) is 7.50. The average molecular weight is 300 g/mol. The Morgan fingerprint density at radius 2 is 1.57 bits per heavy atom. The summed E-state index contributed by atoms with van der Waals surface area (Å²) in [7, 11) is 0. The number of carbonyl (C=O) groups is 1. The Labute approximate surface area is 131 Å². The number of benzene rings is 2. The van der Waals surface area contributed by atoms with Crippen LogP contribution in [-0.4, -0.2) is 11.4 Å². The van der Waals surface area contributed by atoms with E-state index in [1.54, 1.807) is 0 Å². The van der Waals surface area contributed by atoms with Gasteiger partial charge < -0.3 is 4.74 Å². The van der Waals surface area contributed by atoms with Gasteiger partial charge in [-0.2, -0.15) is 0 Å². The number of hydrogen-bond acceptors (Lipinski definition) is 3. The number of hydrogen-bond donors (Lipinski definition) is 1. The van der Waals surface area contributed by atoms with Crippen LogP contribution >= 0.6 is 12.6 Å². The van der Waals surface area contributed by atoms with E-state index in [-0.39, 0.29) is 5.97 Å². The molecule has 0 N–H and O–H groups in total. The number of esters is 1. The molecular formula is C18H20O2S. The maximum absolute atomic E-state index is 12.4. The predicted octanol–water partition coefficient (Wildman–Crippen LogP) is 4.01. The number of thiol groups is 1. The van der Waals surface area contributed by atoms with Crippen LogP contribution in [0.4, 0.5) is 0 Å². The highest BCUT2D eigenvalue weighted by atomic mass is 32.1. The van der Waals surface area contributed by atoms with Crippen LogP contribution in [0.1, 0.15) is 25.0 Å². The fourth-order valence-electron chi connectivity index (χ4n) is 2.10. The number of rotatable bonds is 5. The number of carbonyl (C=O) groups excluding carboxylic acids is 1. The standard InChI is InChI=1S/C18H20O2S/c1-18(2,15-11-7-4-8-12-15)17(19)20-16(21)13-14-9-5-3-6-10-14/h3-12,16,21H,13H2,1-2H3. The topological polar surface area (TPSA) is 26.3 Å². The second kappa shape index (κ2) is 6.81. The zero-order valence-electron chi connectivity index (χ0n) is 12.3. The molecule has 0 fully saturated rings. The second-order valence-electron chi connectivity index (χ2n) is 5.54. The summed E-state index contributed by atoms with van der Waals surface area (Å²) in [5, 5.41) is 0. The third kappa shape index (κ3) is 4.11. The lowest BCUT2D eigenvalue weighted by Gasteiger charge is -2.25. The van der Waals surface area contributed by atoms with E-state index in [9.17, 15) is 4.79 Å². The van der Waals surface area contributed by atoms with Crippen molar-refractivity contribution in [2.45, 2.75) is 31.1 Å². The molecule has 3 heteroatoms. The average Bonchev–Trinajstić information content (AvgIpc) is 2.49. The first kappa shape index (κ1) is 15.6. The predicted molar refractivity (Wildman–Crippen MR) is 88.5 cm³/mol. The molecule has 0 heterocycles. The van der Waals surface area contributed by atoms with E-state index in [2.05, 4.69) is 12.6 Å². The molecule has 0 spiro atoms. The maximum Gasteiger partial charge on any atom is 0.317 e. The van der Waals surface area contributed by atoms with Crippen molar-refractivity contribution in [1.29, 1.82) is 0 Å². The highest BCUT2D eigenvalue weighted by Crippen LogP contribution is 2.26. The van der Waals surface area contributed by atoms with E-state index in [1.807, 2.05) is 74.5 Å². The SMILES string of the molecule is CC(C)(C(=O)OC(S)Cc1ccccc1)c1ccccc1. The molecule has 0 aliphatic rings. The molecule has 1 unspecified atom stereocenters. The van der Waals surface area contributed by atoms with E-state index in [4.69, 9.17) is 4.74 Å². The van der Waals surface area contributed by atoms with Crippen molar-refractivity contribution in [3.63, 3.8) is 0 Å². The van der Waals surface area contributed by atoms with Crippen LogP contribution in [0.15, 0.2) is 60.7 Å². The van der Waals surface area contributed by atoms with Gasteiger partial charge in [-0.25, -0.2) is 0 Å². The summed E-state index contributed by atoms with van der Waals surface area (Å²) in [5.41, 5.74) is 0.916. The Balaban J connectivity index is 2.00. The largest absolute Gasteiger partial charge is 0.451 e. The van der Waals surface area contributed by atoms with Gasteiger partial charge in [0.15, 0.2) is 0 Å². The summed E-state index contributed by atoms with van der Waals surface area (Å²) >= 11 is 4.38. The van der Waals surface area contributed by atoms with Crippen molar-refractivity contribution in [3.05, 3.63) is 71.8 Å². The van der Waals surface area contributed by atoms with Gasteiger partial charge in [-0.05, 0) is 25.0 Å². The van der Waals surface area contributed by atoms with Gasteiger partial charge in [-0.3, -0.25) is 4.79 Å². The Morgan fingerprint density at radius 1 is 1.05 bits per heavy atom. The van der Waals surface area contributed by atoms with Crippen molar-refractivity contribution in [2.75, 3.05) is 0 Å². The summed E-state index contributed by atoms with van der Waals surface area (Å²) in [6, 6.07) is 19.5. The molecular weight excluding hydrogens is 280 g/mol. The van der Waals surface area contributed by atoms with Gasteiger partial charge in [0, 0.05) is 6.42 Å². The highest BCUT2D eigenvalue weighted by Gasteiger charge is 2.32. The fourth-order valence-corrected chi connectivity index (χ4v) is 2.41. The summed E-state index contributed by atoms with van der Waals surface area (Å²) < 4.78 is 5.50. The molecule has 0 saturated carbocycles. The van der Waals surface area contributed by atoms with Crippen LogP contribution in [-0.2, 0) is 21.4 Å². The van der Waals surface area contributed by atoms with Crippen LogP contribution < -0.4 is 0 Å². The fraction of sp³-hybridized carbons (Fsp3) is 0.278. The molecule has 0 amide bonds. The lowest BCUT2D eigenvalue weighted by molar-refractivity contribution is -0.150. The number of ether oxygens (including phenoxy) is 1. The quantitative estimate of drug-likeness (QED) is 0.513. The third-order valence-corrected chi connectivity index (χ3v) is 3.79. The van der Waals surface area contributed by atoms with E-state index < -0.39 is 10.9 Å². The van der Waals surface area contributed by atoms with E-state index in [0.29, 0.717) is 6.42 Å². The van der Waals surface area contributed by atoms with Gasteiger partial charge in [0.2, 0.25) is 0 Å². The van der Waals surface area contributed by atoms with Crippen LogP contribution in [0, 0.1) is 0 Å². The van der Waals surface area contributed by atoms with Gasteiger partial charge in [0.1, 0.15) is 5.44 Å². The molecule has 2 aromatic carbocycles. The molecule has 21 heavy (non-hydrogen) atoms. The molecule has 0 radical (unpaired) electrons. The molecule has 0 bridgehead atoms. The van der Waals surface area contributed by atoms with Crippen molar-refractivity contribution in [2.24, 2.45) is 0 Å². The molecule has 2 nitrogen and oxygen atoms in total. The summed E-state index contributed by atoms with van der Waals surface area (Å²) in [5.74, 6) is -0.260. The minimum Gasteiger partial charge on any atom is -0.451 e. The molecule has 2 rings (SSSR count). The lowest BCUT2D eigenvalue weighted by Crippen LogP contribution is -2.33. The van der Waals surface area contributed by atoms with Crippen LogP contribution in [0.2, 0.25) is 0 Å². The van der Waals surface area contributed by atoms with E-state index in [1.165, 1.54) is 0 Å². The molecule has 2 aromatic rings. The molecule has 0 aliphatic carbocycles. The first-order chi connectivity index (χ1) is 10.00. The van der Waals surface area contributed by atoms with E-state index >= 15 is 0 Å². The third-order valence-electron chi connectivity index (χ3n) is 3.50. The monoisotopic (exact) mass is 300 g/mol. The maximum atomic E-state index is 12.4.